The number of Topliss-reactive ketones (excluding diaryl/α,β-unsaturated/α-hetero) is 1. The van der Waals surface area contributed by atoms with E-state index in [2.05, 4.69) is 10.3 Å². The topological polar surface area (TPSA) is 62.0 Å². The molecule has 2 rings (SSSR count). The average Bonchev–Trinajstić information content (AvgIpc) is 2.80. The van der Waals surface area contributed by atoms with Crippen molar-refractivity contribution in [2.24, 2.45) is 0 Å². The monoisotopic (exact) mass is 278 g/mol. The highest BCUT2D eigenvalue weighted by Gasteiger charge is 2.20. The number of ketones is 1. The predicted molar refractivity (Wildman–Crippen MR) is 75.5 cm³/mol. The van der Waals surface area contributed by atoms with Crippen LogP contribution in [0.5, 0.6) is 0 Å². The number of carbonyl (C=O) groups excluding carboxylic acids is 2. The first-order valence-electron chi connectivity index (χ1n) is 6.14. The van der Waals surface area contributed by atoms with E-state index in [9.17, 15) is 9.59 Å². The van der Waals surface area contributed by atoms with Gasteiger partial charge in [0.1, 0.15) is 0 Å². The molecule has 0 aliphatic carbocycles. The van der Waals surface area contributed by atoms with Gasteiger partial charge in [-0.05, 0) is 31.5 Å². The fourth-order valence-corrected chi connectivity index (χ4v) is 1.97. The summed E-state index contributed by atoms with van der Waals surface area (Å²) in [5.41, 5.74) is 1.13. The number of hydrogen-bond acceptors (Lipinski definition) is 2. The van der Waals surface area contributed by atoms with E-state index in [0.29, 0.717) is 16.0 Å². The molecule has 0 radical (unpaired) electrons. The molecule has 0 spiro atoms. The summed E-state index contributed by atoms with van der Waals surface area (Å²) in [5.74, 6) is -1.14. The number of aromatic amines is 1. The van der Waals surface area contributed by atoms with Crippen molar-refractivity contribution in [3.63, 3.8) is 0 Å². The van der Waals surface area contributed by atoms with Crippen LogP contribution in [-0.4, -0.2) is 22.7 Å². The van der Waals surface area contributed by atoms with Gasteiger partial charge < -0.3 is 10.3 Å². The summed E-state index contributed by atoms with van der Waals surface area (Å²) in [4.78, 5) is 26.9. The number of benzene rings is 1. The number of amides is 1. The lowest BCUT2D eigenvalue weighted by Gasteiger charge is -2.09. The molecule has 100 valence electrons. The van der Waals surface area contributed by atoms with Gasteiger partial charge >= 0.3 is 0 Å². The Morgan fingerprint density at radius 3 is 2.84 bits per heavy atom. The van der Waals surface area contributed by atoms with Crippen LogP contribution in [0.25, 0.3) is 10.9 Å². The van der Waals surface area contributed by atoms with Crippen molar-refractivity contribution in [3.8, 4) is 0 Å². The summed E-state index contributed by atoms with van der Waals surface area (Å²) in [6.07, 6.45) is 2.32. The van der Waals surface area contributed by atoms with Gasteiger partial charge in [0.2, 0.25) is 0 Å². The molecule has 5 heteroatoms. The molecule has 2 aromatic rings. The zero-order chi connectivity index (χ0) is 14.0. The second-order valence-electron chi connectivity index (χ2n) is 4.50. The van der Waals surface area contributed by atoms with Crippen molar-refractivity contribution in [1.29, 1.82) is 0 Å². The van der Waals surface area contributed by atoms with E-state index in [0.717, 1.165) is 11.9 Å². The molecule has 2 N–H and O–H groups in total. The first-order chi connectivity index (χ1) is 9.02. The molecule has 0 saturated heterocycles. The van der Waals surface area contributed by atoms with Gasteiger partial charge in [-0.25, -0.2) is 0 Å². The van der Waals surface area contributed by atoms with Crippen LogP contribution >= 0.6 is 11.6 Å². The van der Waals surface area contributed by atoms with Crippen molar-refractivity contribution in [3.05, 3.63) is 35.0 Å². The van der Waals surface area contributed by atoms with Crippen molar-refractivity contribution in [1.82, 2.24) is 10.3 Å². The molecule has 4 nitrogen and oxygen atoms in total. The highest BCUT2D eigenvalue weighted by atomic mass is 35.5. The van der Waals surface area contributed by atoms with Gasteiger partial charge in [0, 0.05) is 28.2 Å². The van der Waals surface area contributed by atoms with Gasteiger partial charge in [-0.15, -0.1) is 0 Å². The van der Waals surface area contributed by atoms with Gasteiger partial charge in [-0.3, -0.25) is 9.59 Å². The van der Waals surface area contributed by atoms with Crippen LogP contribution in [0.4, 0.5) is 0 Å². The maximum absolute atomic E-state index is 12.1. The lowest BCUT2D eigenvalue weighted by molar-refractivity contribution is -0.117. The minimum atomic E-state index is -0.588. The second-order valence-corrected chi connectivity index (χ2v) is 4.94. The van der Waals surface area contributed by atoms with Crippen LogP contribution in [0.1, 0.15) is 30.6 Å². The molecule has 0 fully saturated rings. The van der Waals surface area contributed by atoms with Crippen LogP contribution in [0.3, 0.4) is 0 Å². The van der Waals surface area contributed by atoms with Gasteiger partial charge in [-0.1, -0.05) is 18.5 Å². The Balaban J connectivity index is 2.31. The Labute approximate surface area is 116 Å². The third-order valence-corrected chi connectivity index (χ3v) is 3.32. The number of fused-ring (bicyclic) bond motifs is 1. The van der Waals surface area contributed by atoms with Crippen LogP contribution in [-0.2, 0) is 4.79 Å². The molecule has 1 amide bonds. The number of H-pyrrole nitrogens is 1. The molecule has 0 aliphatic rings. The van der Waals surface area contributed by atoms with E-state index >= 15 is 0 Å². The molecule has 1 aromatic heterocycles. The maximum Gasteiger partial charge on any atom is 0.292 e. The molecular weight excluding hydrogens is 264 g/mol. The normalized spacial score (nSPS) is 12.4. The van der Waals surface area contributed by atoms with Crippen LogP contribution in [0, 0.1) is 0 Å². The summed E-state index contributed by atoms with van der Waals surface area (Å²) < 4.78 is 0. The molecule has 19 heavy (non-hydrogen) atoms. The number of nitrogens with one attached hydrogen (secondary N) is 2. The smallest absolute Gasteiger partial charge is 0.292 e. The summed E-state index contributed by atoms with van der Waals surface area (Å²) in [6.45, 7) is 3.80. The molecule has 1 atom stereocenters. The number of rotatable bonds is 4. The van der Waals surface area contributed by atoms with Crippen LogP contribution < -0.4 is 5.32 Å². The van der Waals surface area contributed by atoms with Crippen molar-refractivity contribution < 1.29 is 9.59 Å². The molecule has 0 aliphatic heterocycles. The first kappa shape index (κ1) is 13.6. The van der Waals surface area contributed by atoms with Gasteiger partial charge in [0.15, 0.2) is 0 Å². The summed E-state index contributed by atoms with van der Waals surface area (Å²) in [7, 11) is 0. The summed E-state index contributed by atoms with van der Waals surface area (Å²) in [5, 5.41) is 3.86. The van der Waals surface area contributed by atoms with E-state index < -0.39 is 11.7 Å². The maximum atomic E-state index is 12.1. The Bertz CT molecular complexity index is 633. The van der Waals surface area contributed by atoms with E-state index in [4.69, 9.17) is 11.6 Å². The van der Waals surface area contributed by atoms with Gasteiger partial charge in [-0.2, -0.15) is 0 Å². The lowest BCUT2D eigenvalue weighted by Crippen LogP contribution is -2.37. The quantitative estimate of drug-likeness (QED) is 0.667. The highest BCUT2D eigenvalue weighted by Crippen LogP contribution is 2.22. The first-order valence-corrected chi connectivity index (χ1v) is 6.52. The third kappa shape index (κ3) is 2.79. The summed E-state index contributed by atoms with van der Waals surface area (Å²) in [6, 6.07) is 5.16. The van der Waals surface area contributed by atoms with Gasteiger partial charge in [0.05, 0.1) is 5.56 Å². The van der Waals surface area contributed by atoms with Crippen LogP contribution in [0.15, 0.2) is 24.4 Å². The fourth-order valence-electron chi connectivity index (χ4n) is 1.79. The third-order valence-electron chi connectivity index (χ3n) is 3.08. The lowest BCUT2D eigenvalue weighted by atomic mass is 10.1. The zero-order valence-corrected chi connectivity index (χ0v) is 11.5. The van der Waals surface area contributed by atoms with E-state index in [1.165, 1.54) is 0 Å². The largest absolute Gasteiger partial charge is 0.360 e. The standard InChI is InChI=1S/C14H15ClN2O2/c1-3-8(2)17-14(19)13(18)11-7-16-12-5-4-9(15)6-10(11)12/h4-8,16H,3H2,1-2H3,(H,17,19). The van der Waals surface area contributed by atoms with E-state index in [1.54, 1.807) is 24.4 Å². The predicted octanol–water partition coefficient (Wildman–Crippen LogP) is 2.92. The molecule has 1 aromatic carbocycles. The molecule has 0 saturated carbocycles. The fraction of sp³-hybridized carbons (Fsp3) is 0.286. The number of aromatic nitrogens is 1. The summed E-state index contributed by atoms with van der Waals surface area (Å²) >= 11 is 5.91. The Morgan fingerprint density at radius 2 is 2.16 bits per heavy atom. The number of carbonyl (C=O) groups is 2. The average molecular weight is 279 g/mol. The van der Waals surface area contributed by atoms with Crippen molar-refractivity contribution >= 4 is 34.2 Å². The Kier molecular flexibility index (Phi) is 3.90. The molecule has 1 unspecified atom stereocenters. The number of halogens is 1. The van der Waals surface area contributed by atoms with Crippen molar-refractivity contribution in [2.75, 3.05) is 0 Å². The van der Waals surface area contributed by atoms with E-state index in [-0.39, 0.29) is 6.04 Å². The Hall–Kier alpha value is -1.81. The van der Waals surface area contributed by atoms with Crippen molar-refractivity contribution in [2.45, 2.75) is 26.3 Å². The highest BCUT2D eigenvalue weighted by molar-refractivity contribution is 6.45. The van der Waals surface area contributed by atoms with Crippen LogP contribution in [0.2, 0.25) is 5.02 Å². The van der Waals surface area contributed by atoms with Gasteiger partial charge in [0.25, 0.3) is 11.7 Å². The number of hydrogen-bond donors (Lipinski definition) is 2. The molecular formula is C14H15ClN2O2. The van der Waals surface area contributed by atoms with E-state index in [1.807, 2.05) is 13.8 Å². The molecule has 0 bridgehead atoms. The molecule has 1 heterocycles. The Morgan fingerprint density at radius 1 is 1.42 bits per heavy atom. The zero-order valence-electron chi connectivity index (χ0n) is 10.8. The minimum absolute atomic E-state index is 0.0229. The minimum Gasteiger partial charge on any atom is -0.360 e. The second kappa shape index (κ2) is 5.45. The SMILES string of the molecule is CCC(C)NC(=O)C(=O)c1c[nH]c2ccc(Cl)cc12.